The summed E-state index contributed by atoms with van der Waals surface area (Å²) in [6.07, 6.45) is 17.3. The van der Waals surface area contributed by atoms with Crippen LogP contribution in [0, 0.1) is 23.7 Å². The molecule has 0 N–H and O–H groups in total. The summed E-state index contributed by atoms with van der Waals surface area (Å²) in [5.41, 5.74) is 0. The summed E-state index contributed by atoms with van der Waals surface area (Å²) in [6, 6.07) is 0. The third-order valence-electron chi connectivity index (χ3n) is 5.65. The van der Waals surface area contributed by atoms with Crippen molar-refractivity contribution in [1.82, 2.24) is 0 Å². The highest BCUT2D eigenvalue weighted by Gasteiger charge is 2.35. The van der Waals surface area contributed by atoms with Crippen LogP contribution in [0.4, 0.5) is 0 Å². The zero-order valence-electron chi connectivity index (χ0n) is 10.1. The van der Waals surface area contributed by atoms with Gasteiger partial charge in [0.1, 0.15) is 0 Å². The Labute approximate surface area is 94.8 Å². The summed E-state index contributed by atoms with van der Waals surface area (Å²) in [7, 11) is 0. The predicted molar refractivity (Wildman–Crippen MR) is 64.7 cm³/mol. The molecule has 3 rings (SSSR count). The van der Waals surface area contributed by atoms with E-state index in [0.29, 0.717) is 0 Å². The van der Waals surface area contributed by atoms with E-state index >= 15 is 0 Å². The van der Waals surface area contributed by atoms with Crippen LogP contribution in [-0.2, 0) is 0 Å². The maximum Gasteiger partial charge on any atom is -0.0383 e. The van der Waals surface area contributed by atoms with Gasteiger partial charge in [0.25, 0.3) is 0 Å². The molecule has 4 atom stereocenters. The van der Waals surface area contributed by atoms with Crippen LogP contribution in [0.25, 0.3) is 0 Å². The molecule has 0 saturated heterocycles. The summed E-state index contributed by atoms with van der Waals surface area (Å²) in [5.74, 6) is 4.58. The molecule has 3 saturated carbocycles. The van der Waals surface area contributed by atoms with Gasteiger partial charge in [-0.3, -0.25) is 0 Å². The van der Waals surface area contributed by atoms with Gasteiger partial charge in [-0.15, -0.1) is 0 Å². The van der Waals surface area contributed by atoms with Gasteiger partial charge in [0.2, 0.25) is 0 Å². The van der Waals surface area contributed by atoms with E-state index in [-0.39, 0.29) is 0 Å². The monoisotopic (exact) mass is 206 g/mol. The number of rotatable bonds is 0. The minimum absolute atomic E-state index is 1.14. The van der Waals surface area contributed by atoms with E-state index in [1.165, 1.54) is 12.8 Å². The molecule has 3 aliphatic rings. The Balaban J connectivity index is 1.70. The maximum absolute atomic E-state index is 1.62. The first-order valence-electron chi connectivity index (χ1n) is 7.43. The molecule has 3 fully saturated rings. The summed E-state index contributed by atoms with van der Waals surface area (Å²) in [4.78, 5) is 0. The van der Waals surface area contributed by atoms with Crippen LogP contribution in [0.3, 0.4) is 0 Å². The van der Waals surface area contributed by atoms with Gasteiger partial charge in [0.15, 0.2) is 0 Å². The molecule has 0 spiro atoms. The number of hydrogen-bond donors (Lipinski definition) is 0. The second-order valence-corrected chi connectivity index (χ2v) is 6.42. The van der Waals surface area contributed by atoms with Gasteiger partial charge in [0.05, 0.1) is 0 Å². The molecule has 0 nitrogen and oxygen atoms in total. The minimum atomic E-state index is 1.14. The van der Waals surface area contributed by atoms with E-state index in [2.05, 4.69) is 0 Å². The summed E-state index contributed by atoms with van der Waals surface area (Å²) < 4.78 is 0. The van der Waals surface area contributed by atoms with E-state index in [9.17, 15) is 0 Å². The SMILES string of the molecule is C1CCC2CC3CCCCC3CCC2C1. The Bertz CT molecular complexity index is 186. The predicted octanol–water partition coefficient (Wildman–Crippen LogP) is 4.78. The van der Waals surface area contributed by atoms with Gasteiger partial charge < -0.3 is 0 Å². The summed E-state index contributed by atoms with van der Waals surface area (Å²) in [6.45, 7) is 0. The van der Waals surface area contributed by atoms with Crippen LogP contribution >= 0.6 is 0 Å². The van der Waals surface area contributed by atoms with Crippen LogP contribution in [0.1, 0.15) is 70.6 Å². The molecular formula is C15H26. The average molecular weight is 206 g/mol. The van der Waals surface area contributed by atoms with Crippen molar-refractivity contribution in [3.63, 3.8) is 0 Å². The van der Waals surface area contributed by atoms with Crippen molar-refractivity contribution in [3.05, 3.63) is 0 Å². The Hall–Kier alpha value is 0. The van der Waals surface area contributed by atoms with E-state index in [1.807, 2.05) is 0 Å². The average Bonchev–Trinajstić information content (AvgIpc) is 2.48. The van der Waals surface area contributed by atoms with Crippen LogP contribution in [0.15, 0.2) is 0 Å². The molecular weight excluding hydrogens is 180 g/mol. The Morgan fingerprint density at radius 2 is 0.800 bits per heavy atom. The van der Waals surface area contributed by atoms with Crippen LogP contribution < -0.4 is 0 Å². The number of hydrogen-bond acceptors (Lipinski definition) is 0. The lowest BCUT2D eigenvalue weighted by atomic mass is 9.72. The van der Waals surface area contributed by atoms with Crippen LogP contribution in [-0.4, -0.2) is 0 Å². The maximum atomic E-state index is 1.62. The van der Waals surface area contributed by atoms with Gasteiger partial charge in [-0.2, -0.15) is 0 Å². The molecule has 86 valence electrons. The van der Waals surface area contributed by atoms with Crippen LogP contribution in [0.5, 0.6) is 0 Å². The van der Waals surface area contributed by atoms with E-state index < -0.39 is 0 Å². The second kappa shape index (κ2) is 4.47. The zero-order valence-corrected chi connectivity index (χ0v) is 10.1. The molecule has 0 heteroatoms. The van der Waals surface area contributed by atoms with E-state index in [0.717, 1.165) is 23.7 Å². The fourth-order valence-corrected chi connectivity index (χ4v) is 4.77. The zero-order chi connectivity index (χ0) is 10.1. The van der Waals surface area contributed by atoms with Crippen molar-refractivity contribution in [3.8, 4) is 0 Å². The Morgan fingerprint density at radius 3 is 1.27 bits per heavy atom. The highest BCUT2D eigenvalue weighted by molar-refractivity contribution is 4.86. The van der Waals surface area contributed by atoms with Crippen molar-refractivity contribution in [2.45, 2.75) is 70.6 Å². The first kappa shape index (κ1) is 10.2. The highest BCUT2D eigenvalue weighted by Crippen LogP contribution is 2.47. The van der Waals surface area contributed by atoms with E-state index in [1.54, 1.807) is 57.8 Å². The second-order valence-electron chi connectivity index (χ2n) is 6.42. The molecule has 0 bridgehead atoms. The molecule has 15 heavy (non-hydrogen) atoms. The largest absolute Gasteiger partial charge is 0.0530 e. The minimum Gasteiger partial charge on any atom is -0.0530 e. The molecule has 0 aromatic carbocycles. The Kier molecular flexibility index (Phi) is 3.03. The molecule has 4 unspecified atom stereocenters. The molecule has 0 radical (unpaired) electrons. The standard InChI is InChI=1S/C15H26/c1-3-7-14-11-15-8-4-2-6-13(15)10-9-12(14)5-1/h12-15H,1-11H2. The third kappa shape index (κ3) is 2.10. The number of fused-ring (bicyclic) bond motifs is 2. The van der Waals surface area contributed by atoms with Gasteiger partial charge in [-0.1, -0.05) is 51.4 Å². The van der Waals surface area contributed by atoms with Gasteiger partial charge in [0, 0.05) is 0 Å². The lowest BCUT2D eigenvalue weighted by Gasteiger charge is -2.33. The first-order valence-corrected chi connectivity index (χ1v) is 7.43. The lowest BCUT2D eigenvalue weighted by Crippen LogP contribution is -2.22. The molecule has 0 aromatic rings. The summed E-state index contributed by atoms with van der Waals surface area (Å²) in [5, 5.41) is 0. The van der Waals surface area contributed by atoms with E-state index in [4.69, 9.17) is 0 Å². The van der Waals surface area contributed by atoms with Gasteiger partial charge in [-0.05, 0) is 42.9 Å². The van der Waals surface area contributed by atoms with Crippen molar-refractivity contribution in [2.24, 2.45) is 23.7 Å². The van der Waals surface area contributed by atoms with Crippen molar-refractivity contribution in [1.29, 1.82) is 0 Å². The van der Waals surface area contributed by atoms with Crippen molar-refractivity contribution < 1.29 is 0 Å². The lowest BCUT2D eigenvalue weighted by molar-refractivity contribution is 0.180. The first-order chi connectivity index (χ1) is 7.43. The third-order valence-corrected chi connectivity index (χ3v) is 5.65. The normalized spacial score (nSPS) is 46.4. The van der Waals surface area contributed by atoms with Crippen LogP contribution in [0.2, 0.25) is 0 Å². The van der Waals surface area contributed by atoms with Gasteiger partial charge in [-0.25, -0.2) is 0 Å². The smallest absolute Gasteiger partial charge is 0.0383 e. The fourth-order valence-electron chi connectivity index (χ4n) is 4.77. The quantitative estimate of drug-likeness (QED) is 0.535. The molecule has 0 heterocycles. The molecule has 0 aliphatic heterocycles. The Morgan fingerprint density at radius 1 is 0.400 bits per heavy atom. The topological polar surface area (TPSA) is 0 Å². The molecule has 0 amide bonds. The molecule has 3 aliphatic carbocycles. The summed E-state index contributed by atoms with van der Waals surface area (Å²) >= 11 is 0. The molecule has 0 aromatic heterocycles. The van der Waals surface area contributed by atoms with Crippen molar-refractivity contribution >= 4 is 0 Å². The highest BCUT2D eigenvalue weighted by atomic mass is 14.4. The van der Waals surface area contributed by atoms with Gasteiger partial charge >= 0.3 is 0 Å². The fraction of sp³-hybridized carbons (Fsp3) is 1.00. The van der Waals surface area contributed by atoms with Crippen molar-refractivity contribution in [2.75, 3.05) is 0 Å².